The average molecular weight is 350 g/mol. The first kappa shape index (κ1) is 19.8. The zero-order valence-corrected chi connectivity index (χ0v) is 15.2. The molecule has 0 aliphatic carbocycles. The van der Waals surface area contributed by atoms with E-state index in [4.69, 9.17) is 10.5 Å². The van der Waals surface area contributed by atoms with E-state index >= 15 is 0 Å². The molecule has 0 aliphatic heterocycles. The van der Waals surface area contributed by atoms with Gasteiger partial charge in [0.25, 0.3) is 5.91 Å². The number of aromatic nitrogens is 1. The Morgan fingerprint density at radius 3 is 2.50 bits per heavy atom. The van der Waals surface area contributed by atoms with Gasteiger partial charge in [-0.25, -0.2) is 4.98 Å². The van der Waals surface area contributed by atoms with Crippen LogP contribution in [0.5, 0.6) is 5.75 Å². The second-order valence-corrected chi connectivity index (χ2v) is 5.92. The van der Waals surface area contributed by atoms with Crippen molar-refractivity contribution in [2.45, 2.75) is 39.7 Å². The number of amides is 1. The van der Waals surface area contributed by atoms with Gasteiger partial charge in [-0.2, -0.15) is 0 Å². The number of nitrogens with zero attached hydrogens (tertiary/aromatic N) is 1. The number of nitrogens with two attached hydrogens (primary N) is 1. The maximum absolute atomic E-state index is 12.3. The SMILES string of the molecule is Cc1ccc(C(C)C)c(OC(C)C(=O)Nc2ccc(N)nc2)c1.Cl. The van der Waals surface area contributed by atoms with E-state index in [0.29, 0.717) is 17.4 Å². The summed E-state index contributed by atoms with van der Waals surface area (Å²) in [4.78, 5) is 16.2. The summed E-state index contributed by atoms with van der Waals surface area (Å²) in [5.74, 6) is 1.25. The van der Waals surface area contributed by atoms with Crippen LogP contribution >= 0.6 is 12.4 Å². The lowest BCUT2D eigenvalue weighted by atomic mass is 10.0. The molecular weight excluding hydrogens is 326 g/mol. The van der Waals surface area contributed by atoms with E-state index in [0.717, 1.165) is 16.9 Å². The van der Waals surface area contributed by atoms with Gasteiger partial charge in [0.1, 0.15) is 11.6 Å². The molecule has 2 aromatic rings. The Hall–Kier alpha value is -2.27. The summed E-state index contributed by atoms with van der Waals surface area (Å²) in [6, 6.07) is 9.40. The fourth-order valence-corrected chi connectivity index (χ4v) is 2.19. The zero-order chi connectivity index (χ0) is 17.0. The molecule has 2 rings (SSSR count). The van der Waals surface area contributed by atoms with Gasteiger partial charge >= 0.3 is 0 Å². The molecule has 0 radical (unpaired) electrons. The number of nitrogen functional groups attached to an aromatic ring is 1. The molecule has 1 aromatic heterocycles. The third-order valence-corrected chi connectivity index (χ3v) is 3.52. The maximum atomic E-state index is 12.3. The van der Waals surface area contributed by atoms with Crippen molar-refractivity contribution < 1.29 is 9.53 Å². The number of nitrogens with one attached hydrogen (secondary N) is 1. The second-order valence-electron chi connectivity index (χ2n) is 5.92. The van der Waals surface area contributed by atoms with Crippen LogP contribution in [0.4, 0.5) is 11.5 Å². The number of halogens is 1. The van der Waals surface area contributed by atoms with Crippen LogP contribution in [0, 0.1) is 6.92 Å². The van der Waals surface area contributed by atoms with E-state index in [1.807, 2.05) is 25.1 Å². The van der Waals surface area contributed by atoms with Crippen LogP contribution in [-0.2, 0) is 4.79 Å². The summed E-state index contributed by atoms with van der Waals surface area (Å²) in [5.41, 5.74) is 8.31. The lowest BCUT2D eigenvalue weighted by Gasteiger charge is -2.19. The number of carbonyl (C=O) groups excluding carboxylic acids is 1. The van der Waals surface area contributed by atoms with Crippen LogP contribution in [0.2, 0.25) is 0 Å². The smallest absolute Gasteiger partial charge is 0.265 e. The maximum Gasteiger partial charge on any atom is 0.265 e. The molecule has 130 valence electrons. The molecule has 1 unspecified atom stereocenters. The number of rotatable bonds is 5. The van der Waals surface area contributed by atoms with Gasteiger partial charge < -0.3 is 15.8 Å². The molecule has 3 N–H and O–H groups in total. The summed E-state index contributed by atoms with van der Waals surface area (Å²) in [6.45, 7) is 7.93. The molecule has 0 aliphatic rings. The zero-order valence-electron chi connectivity index (χ0n) is 14.4. The van der Waals surface area contributed by atoms with Crippen LogP contribution in [0.3, 0.4) is 0 Å². The number of carbonyl (C=O) groups is 1. The largest absolute Gasteiger partial charge is 0.481 e. The third kappa shape index (κ3) is 5.13. The Bertz CT molecular complexity index is 687. The first-order chi connectivity index (χ1) is 10.9. The Balaban J connectivity index is 0.00000288. The highest BCUT2D eigenvalue weighted by atomic mass is 35.5. The predicted octanol–water partition coefficient (Wildman–Crippen LogP) is 3.92. The van der Waals surface area contributed by atoms with Crippen LogP contribution in [-0.4, -0.2) is 17.0 Å². The standard InChI is InChI=1S/C18H23N3O2.ClH/c1-11(2)15-7-5-12(3)9-16(15)23-13(4)18(22)21-14-6-8-17(19)20-10-14;/h5-11,13H,1-4H3,(H2,19,20)(H,21,22);1H. The van der Waals surface area contributed by atoms with Crippen molar-refractivity contribution >= 4 is 29.8 Å². The molecular formula is C18H24ClN3O2. The van der Waals surface area contributed by atoms with Crippen molar-refractivity contribution in [1.82, 2.24) is 4.98 Å². The first-order valence-electron chi connectivity index (χ1n) is 7.66. The molecule has 0 spiro atoms. The Labute approximate surface area is 149 Å². The Kier molecular flexibility index (Phi) is 7.04. The minimum atomic E-state index is -0.619. The Morgan fingerprint density at radius 2 is 1.92 bits per heavy atom. The quantitative estimate of drug-likeness (QED) is 0.857. The first-order valence-corrected chi connectivity index (χ1v) is 7.66. The van der Waals surface area contributed by atoms with Crippen molar-refractivity contribution in [1.29, 1.82) is 0 Å². The molecule has 6 heteroatoms. The highest BCUT2D eigenvalue weighted by molar-refractivity contribution is 5.94. The van der Waals surface area contributed by atoms with E-state index < -0.39 is 6.10 Å². The molecule has 0 fully saturated rings. The van der Waals surface area contributed by atoms with Crippen molar-refractivity contribution in [3.05, 3.63) is 47.7 Å². The van der Waals surface area contributed by atoms with Crippen LogP contribution in [0.1, 0.15) is 37.8 Å². The van der Waals surface area contributed by atoms with Crippen molar-refractivity contribution in [2.24, 2.45) is 0 Å². The molecule has 1 atom stereocenters. The van der Waals surface area contributed by atoms with Gasteiger partial charge in [-0.1, -0.05) is 26.0 Å². The molecule has 1 amide bonds. The summed E-state index contributed by atoms with van der Waals surface area (Å²) < 4.78 is 5.89. The summed E-state index contributed by atoms with van der Waals surface area (Å²) in [6.07, 6.45) is 0.901. The van der Waals surface area contributed by atoms with Crippen molar-refractivity contribution in [3.63, 3.8) is 0 Å². The van der Waals surface area contributed by atoms with Gasteiger partial charge in [-0.05, 0) is 49.1 Å². The van der Waals surface area contributed by atoms with Crippen LogP contribution < -0.4 is 15.8 Å². The molecule has 1 aromatic carbocycles. The molecule has 1 heterocycles. The second kappa shape index (κ2) is 8.55. The number of anilines is 2. The highest BCUT2D eigenvalue weighted by Crippen LogP contribution is 2.28. The molecule has 5 nitrogen and oxygen atoms in total. The van der Waals surface area contributed by atoms with E-state index in [-0.39, 0.29) is 18.3 Å². The lowest BCUT2D eigenvalue weighted by Crippen LogP contribution is -2.30. The van der Waals surface area contributed by atoms with E-state index in [9.17, 15) is 4.79 Å². The van der Waals surface area contributed by atoms with Crippen molar-refractivity contribution in [2.75, 3.05) is 11.1 Å². The van der Waals surface area contributed by atoms with Gasteiger partial charge in [-0.3, -0.25) is 4.79 Å². The number of hydrogen-bond donors (Lipinski definition) is 2. The predicted molar refractivity (Wildman–Crippen MR) is 99.9 cm³/mol. The van der Waals surface area contributed by atoms with Gasteiger partial charge in [0.05, 0.1) is 11.9 Å². The van der Waals surface area contributed by atoms with Crippen molar-refractivity contribution in [3.8, 4) is 5.75 Å². The summed E-state index contributed by atoms with van der Waals surface area (Å²) >= 11 is 0. The van der Waals surface area contributed by atoms with Gasteiger partial charge in [0.15, 0.2) is 6.10 Å². The molecule has 24 heavy (non-hydrogen) atoms. The summed E-state index contributed by atoms with van der Waals surface area (Å²) in [7, 11) is 0. The number of aryl methyl sites for hydroxylation is 1. The summed E-state index contributed by atoms with van der Waals surface area (Å²) in [5, 5.41) is 2.77. The number of ether oxygens (including phenoxy) is 1. The average Bonchev–Trinajstić information content (AvgIpc) is 2.49. The number of pyridine rings is 1. The monoisotopic (exact) mass is 349 g/mol. The molecule has 0 saturated heterocycles. The topological polar surface area (TPSA) is 77.2 Å². The van der Waals surface area contributed by atoms with Crippen LogP contribution in [0.15, 0.2) is 36.5 Å². The minimum Gasteiger partial charge on any atom is -0.481 e. The normalized spacial score (nSPS) is 11.5. The van der Waals surface area contributed by atoms with E-state index in [1.165, 1.54) is 6.20 Å². The number of hydrogen-bond acceptors (Lipinski definition) is 4. The highest BCUT2D eigenvalue weighted by Gasteiger charge is 2.18. The van der Waals surface area contributed by atoms with Gasteiger partial charge in [0, 0.05) is 0 Å². The fourth-order valence-electron chi connectivity index (χ4n) is 2.19. The van der Waals surface area contributed by atoms with E-state index in [2.05, 4.69) is 24.1 Å². The minimum absolute atomic E-state index is 0. The van der Waals surface area contributed by atoms with Gasteiger partial charge in [0.2, 0.25) is 0 Å². The van der Waals surface area contributed by atoms with Crippen LogP contribution in [0.25, 0.3) is 0 Å². The Morgan fingerprint density at radius 1 is 1.21 bits per heavy atom. The fraction of sp³-hybridized carbons (Fsp3) is 0.333. The van der Waals surface area contributed by atoms with E-state index in [1.54, 1.807) is 19.1 Å². The molecule has 0 bridgehead atoms. The third-order valence-electron chi connectivity index (χ3n) is 3.52. The van der Waals surface area contributed by atoms with Gasteiger partial charge in [-0.15, -0.1) is 12.4 Å². The lowest BCUT2D eigenvalue weighted by molar-refractivity contribution is -0.122. The number of benzene rings is 1. The molecule has 0 saturated carbocycles.